The fraction of sp³-hybridized carbons (Fsp3) is 0.714. The number of nitrogen functional groups attached to an aromatic ring is 1. The van der Waals surface area contributed by atoms with E-state index in [4.69, 9.17) is 5.73 Å². The molecule has 1 aromatic heterocycles. The van der Waals surface area contributed by atoms with Crippen LogP contribution in [0.1, 0.15) is 44.7 Å². The second kappa shape index (κ2) is 6.89. The van der Waals surface area contributed by atoms with Crippen LogP contribution in [0.5, 0.6) is 0 Å². The molecule has 1 fully saturated rings. The van der Waals surface area contributed by atoms with Gasteiger partial charge in [-0.05, 0) is 24.7 Å². The molecule has 0 radical (unpaired) electrons. The van der Waals surface area contributed by atoms with Gasteiger partial charge in [-0.25, -0.2) is 4.98 Å². The van der Waals surface area contributed by atoms with Crippen LogP contribution in [0.25, 0.3) is 0 Å². The van der Waals surface area contributed by atoms with Gasteiger partial charge < -0.3 is 11.1 Å². The minimum Gasteiger partial charge on any atom is -0.375 e. The Bertz CT molecular complexity index is 411. The van der Waals surface area contributed by atoms with Crippen molar-refractivity contribution in [2.75, 3.05) is 12.3 Å². The maximum Gasteiger partial charge on any atom is 0.226 e. The molecule has 1 amide bonds. The largest absolute Gasteiger partial charge is 0.375 e. The molecule has 0 spiro atoms. The SMILES string of the molecule is CCC1CCC(CNC(=O)Cc2csc(N)n2)CC1. The topological polar surface area (TPSA) is 68.0 Å². The van der Waals surface area contributed by atoms with Gasteiger partial charge in [0.15, 0.2) is 5.13 Å². The first-order valence-electron chi connectivity index (χ1n) is 7.14. The molecule has 1 saturated carbocycles. The average molecular weight is 281 g/mol. The first-order chi connectivity index (χ1) is 9.17. The highest BCUT2D eigenvalue weighted by Crippen LogP contribution is 2.30. The molecule has 0 unspecified atom stereocenters. The maximum atomic E-state index is 11.8. The van der Waals surface area contributed by atoms with Crippen LogP contribution in [0.2, 0.25) is 0 Å². The summed E-state index contributed by atoms with van der Waals surface area (Å²) in [6.07, 6.45) is 6.78. The number of carbonyl (C=O) groups is 1. The number of hydrogen-bond acceptors (Lipinski definition) is 4. The summed E-state index contributed by atoms with van der Waals surface area (Å²) in [5.74, 6) is 1.63. The van der Waals surface area contributed by atoms with E-state index < -0.39 is 0 Å². The van der Waals surface area contributed by atoms with Gasteiger partial charge in [-0.2, -0.15) is 0 Å². The number of nitrogens with two attached hydrogens (primary N) is 1. The van der Waals surface area contributed by atoms with Crippen LogP contribution in [-0.4, -0.2) is 17.4 Å². The molecule has 2 rings (SSSR count). The van der Waals surface area contributed by atoms with E-state index in [1.54, 1.807) is 0 Å². The van der Waals surface area contributed by atoms with Crippen LogP contribution in [-0.2, 0) is 11.2 Å². The van der Waals surface area contributed by atoms with Gasteiger partial charge in [-0.1, -0.05) is 26.2 Å². The summed E-state index contributed by atoms with van der Waals surface area (Å²) in [5.41, 5.74) is 6.32. The van der Waals surface area contributed by atoms with Crippen LogP contribution >= 0.6 is 11.3 Å². The third-order valence-electron chi connectivity index (χ3n) is 4.04. The third-order valence-corrected chi connectivity index (χ3v) is 4.77. The Kier molecular flexibility index (Phi) is 5.19. The van der Waals surface area contributed by atoms with Crippen molar-refractivity contribution < 1.29 is 4.79 Å². The smallest absolute Gasteiger partial charge is 0.226 e. The van der Waals surface area contributed by atoms with E-state index in [0.29, 0.717) is 17.5 Å². The lowest BCUT2D eigenvalue weighted by Gasteiger charge is -2.27. The quantitative estimate of drug-likeness (QED) is 0.871. The van der Waals surface area contributed by atoms with Crippen molar-refractivity contribution in [2.24, 2.45) is 11.8 Å². The first kappa shape index (κ1) is 14.3. The molecule has 0 atom stereocenters. The van der Waals surface area contributed by atoms with E-state index in [1.165, 1.54) is 43.4 Å². The Morgan fingerprint density at radius 2 is 2.11 bits per heavy atom. The van der Waals surface area contributed by atoms with Crippen molar-refractivity contribution in [3.63, 3.8) is 0 Å². The van der Waals surface area contributed by atoms with Crippen LogP contribution in [0.15, 0.2) is 5.38 Å². The van der Waals surface area contributed by atoms with Gasteiger partial charge in [0, 0.05) is 11.9 Å². The predicted molar refractivity (Wildman–Crippen MR) is 79.0 cm³/mol. The molecular formula is C14H23N3OS. The van der Waals surface area contributed by atoms with Crippen LogP contribution in [0.4, 0.5) is 5.13 Å². The predicted octanol–water partition coefficient (Wildman–Crippen LogP) is 2.60. The van der Waals surface area contributed by atoms with E-state index in [2.05, 4.69) is 17.2 Å². The number of nitrogens with one attached hydrogen (secondary N) is 1. The highest BCUT2D eigenvalue weighted by atomic mass is 32.1. The van der Waals surface area contributed by atoms with Crippen molar-refractivity contribution in [2.45, 2.75) is 45.4 Å². The van der Waals surface area contributed by atoms with E-state index in [0.717, 1.165) is 18.2 Å². The van der Waals surface area contributed by atoms with Crippen molar-refractivity contribution >= 4 is 22.4 Å². The standard InChI is InChI=1S/C14H23N3OS/c1-2-10-3-5-11(6-4-10)8-16-13(18)7-12-9-19-14(15)17-12/h9-11H,2-8H2,1H3,(H2,15,17)(H,16,18). The Balaban J connectivity index is 1.67. The number of aromatic nitrogens is 1. The zero-order chi connectivity index (χ0) is 13.7. The monoisotopic (exact) mass is 281 g/mol. The summed E-state index contributed by atoms with van der Waals surface area (Å²) in [6, 6.07) is 0. The summed E-state index contributed by atoms with van der Waals surface area (Å²) in [4.78, 5) is 15.9. The van der Waals surface area contributed by atoms with Crippen molar-refractivity contribution in [3.8, 4) is 0 Å². The Hall–Kier alpha value is -1.10. The van der Waals surface area contributed by atoms with Gasteiger partial charge in [0.2, 0.25) is 5.91 Å². The van der Waals surface area contributed by atoms with Gasteiger partial charge in [0.25, 0.3) is 0 Å². The second-order valence-corrected chi connectivity index (χ2v) is 6.34. The molecule has 106 valence electrons. The number of thiazole rings is 1. The van der Waals surface area contributed by atoms with Crippen LogP contribution in [0.3, 0.4) is 0 Å². The number of rotatable bonds is 5. The van der Waals surface area contributed by atoms with E-state index >= 15 is 0 Å². The van der Waals surface area contributed by atoms with E-state index in [9.17, 15) is 4.79 Å². The molecule has 5 heteroatoms. The summed E-state index contributed by atoms with van der Waals surface area (Å²) < 4.78 is 0. The molecule has 1 aliphatic carbocycles. The number of hydrogen-bond donors (Lipinski definition) is 2. The molecule has 19 heavy (non-hydrogen) atoms. The molecule has 0 saturated heterocycles. The molecule has 1 aromatic rings. The highest BCUT2D eigenvalue weighted by Gasteiger charge is 2.20. The lowest BCUT2D eigenvalue weighted by Crippen LogP contribution is -2.32. The molecule has 0 aromatic carbocycles. The first-order valence-corrected chi connectivity index (χ1v) is 8.02. The van der Waals surface area contributed by atoms with E-state index in [1.807, 2.05) is 5.38 Å². The van der Waals surface area contributed by atoms with Gasteiger partial charge in [0.05, 0.1) is 12.1 Å². The number of carbonyl (C=O) groups excluding carboxylic acids is 1. The Labute approximate surface area is 118 Å². The fourth-order valence-corrected chi connectivity index (χ4v) is 3.30. The van der Waals surface area contributed by atoms with Gasteiger partial charge in [0.1, 0.15) is 0 Å². The van der Waals surface area contributed by atoms with Crippen molar-refractivity contribution in [1.29, 1.82) is 0 Å². The third kappa shape index (κ3) is 4.49. The minimum absolute atomic E-state index is 0.0583. The number of amides is 1. The normalized spacial score (nSPS) is 23.2. The number of anilines is 1. The zero-order valence-corrected chi connectivity index (χ0v) is 12.3. The van der Waals surface area contributed by atoms with Crippen LogP contribution in [0, 0.1) is 11.8 Å². The van der Waals surface area contributed by atoms with Gasteiger partial charge >= 0.3 is 0 Å². The molecule has 4 nitrogen and oxygen atoms in total. The van der Waals surface area contributed by atoms with Gasteiger partial charge in [-0.3, -0.25) is 4.79 Å². The molecule has 1 aliphatic rings. The molecular weight excluding hydrogens is 258 g/mol. The molecule has 3 N–H and O–H groups in total. The zero-order valence-electron chi connectivity index (χ0n) is 11.5. The summed E-state index contributed by atoms with van der Waals surface area (Å²) in [7, 11) is 0. The number of nitrogens with zero attached hydrogens (tertiary/aromatic N) is 1. The summed E-state index contributed by atoms with van der Waals surface area (Å²) in [5, 5.41) is 5.40. The van der Waals surface area contributed by atoms with E-state index in [-0.39, 0.29) is 5.91 Å². The van der Waals surface area contributed by atoms with Gasteiger partial charge in [-0.15, -0.1) is 11.3 Å². The molecule has 0 bridgehead atoms. The van der Waals surface area contributed by atoms with Crippen molar-refractivity contribution in [3.05, 3.63) is 11.1 Å². The summed E-state index contributed by atoms with van der Waals surface area (Å²) >= 11 is 1.38. The minimum atomic E-state index is 0.0583. The lowest BCUT2D eigenvalue weighted by atomic mass is 9.81. The Morgan fingerprint density at radius 3 is 2.68 bits per heavy atom. The molecule has 0 aliphatic heterocycles. The highest BCUT2D eigenvalue weighted by molar-refractivity contribution is 7.13. The van der Waals surface area contributed by atoms with Crippen LogP contribution < -0.4 is 11.1 Å². The maximum absolute atomic E-state index is 11.8. The Morgan fingerprint density at radius 1 is 1.42 bits per heavy atom. The summed E-state index contributed by atoms with van der Waals surface area (Å²) in [6.45, 7) is 3.08. The fourth-order valence-electron chi connectivity index (χ4n) is 2.73. The van der Waals surface area contributed by atoms with Crippen molar-refractivity contribution in [1.82, 2.24) is 10.3 Å². The second-order valence-electron chi connectivity index (χ2n) is 5.45. The average Bonchev–Trinajstić information content (AvgIpc) is 2.82. The lowest BCUT2D eigenvalue weighted by molar-refractivity contribution is -0.120. The molecule has 1 heterocycles.